The largest absolute Gasteiger partial charge is 0.340 e. The fourth-order valence-corrected chi connectivity index (χ4v) is 2.67. The monoisotopic (exact) mass is 288 g/mol. The van der Waals surface area contributed by atoms with Crippen LogP contribution >= 0.6 is 0 Å². The number of amides is 2. The van der Waals surface area contributed by atoms with E-state index in [-0.39, 0.29) is 23.0 Å². The molecule has 2 amide bonds. The molecule has 1 saturated heterocycles. The molecular formula is C13H24N2O3S. The number of nitrogens with zero attached hydrogens (tertiary/aromatic N) is 1. The summed E-state index contributed by atoms with van der Waals surface area (Å²) in [6.07, 6.45) is 1.62. The molecule has 1 heterocycles. The van der Waals surface area contributed by atoms with Gasteiger partial charge in [-0.05, 0) is 26.7 Å². The topological polar surface area (TPSA) is 66.5 Å². The first kappa shape index (κ1) is 16.1. The van der Waals surface area contributed by atoms with Crippen LogP contribution in [0.25, 0.3) is 0 Å². The summed E-state index contributed by atoms with van der Waals surface area (Å²) in [7, 11) is -1.02. The van der Waals surface area contributed by atoms with E-state index in [1.807, 2.05) is 20.8 Å². The third-order valence-electron chi connectivity index (χ3n) is 3.49. The minimum Gasteiger partial charge on any atom is -0.340 e. The number of hydrogen-bond acceptors (Lipinski definition) is 3. The fourth-order valence-electron chi connectivity index (χ4n) is 2.30. The van der Waals surface area contributed by atoms with Gasteiger partial charge in [0.25, 0.3) is 0 Å². The van der Waals surface area contributed by atoms with Crippen molar-refractivity contribution in [2.75, 3.05) is 12.8 Å². The molecule has 1 N–H and O–H groups in total. The Hall–Kier alpha value is -0.910. The highest BCUT2D eigenvalue weighted by Gasteiger charge is 2.46. The first-order valence-electron chi connectivity index (χ1n) is 6.53. The lowest BCUT2D eigenvalue weighted by Gasteiger charge is -2.45. The second-order valence-corrected chi connectivity index (χ2v) is 7.87. The predicted molar refractivity (Wildman–Crippen MR) is 76.1 cm³/mol. The Balaban J connectivity index is 3.06. The van der Waals surface area contributed by atoms with Crippen LogP contribution in [-0.4, -0.2) is 50.6 Å². The Morgan fingerprint density at radius 2 is 1.84 bits per heavy atom. The molecule has 6 heteroatoms. The molecule has 0 radical (unpaired) electrons. The summed E-state index contributed by atoms with van der Waals surface area (Å²) in [5.41, 5.74) is -0.891. The maximum absolute atomic E-state index is 12.5. The van der Waals surface area contributed by atoms with E-state index in [0.29, 0.717) is 6.54 Å². The highest BCUT2D eigenvalue weighted by Crippen LogP contribution is 2.23. The third kappa shape index (κ3) is 3.35. The molecule has 3 unspecified atom stereocenters. The lowest BCUT2D eigenvalue weighted by molar-refractivity contribution is -0.155. The van der Waals surface area contributed by atoms with E-state index in [1.165, 1.54) is 0 Å². The molecule has 0 aromatic carbocycles. The Labute approximate surface area is 117 Å². The van der Waals surface area contributed by atoms with E-state index in [2.05, 4.69) is 5.32 Å². The van der Waals surface area contributed by atoms with Gasteiger partial charge in [-0.25, -0.2) is 0 Å². The van der Waals surface area contributed by atoms with Crippen LogP contribution in [0.2, 0.25) is 0 Å². The van der Waals surface area contributed by atoms with Crippen molar-refractivity contribution in [1.29, 1.82) is 0 Å². The van der Waals surface area contributed by atoms with Crippen molar-refractivity contribution in [3.63, 3.8) is 0 Å². The predicted octanol–water partition coefficient (Wildman–Crippen LogP) is 0.515. The normalized spacial score (nSPS) is 26.3. The summed E-state index contributed by atoms with van der Waals surface area (Å²) in [5, 5.41) is 2.62. The summed E-state index contributed by atoms with van der Waals surface area (Å²) in [6.45, 7) is 9.41. The second kappa shape index (κ2) is 5.61. The molecule has 0 aliphatic carbocycles. The Morgan fingerprint density at radius 1 is 1.32 bits per heavy atom. The van der Waals surface area contributed by atoms with E-state index in [4.69, 9.17) is 0 Å². The number of carbonyl (C=O) groups excluding carboxylic acids is 2. The summed E-state index contributed by atoms with van der Waals surface area (Å²) >= 11 is 0. The van der Waals surface area contributed by atoms with Crippen molar-refractivity contribution in [2.45, 2.75) is 51.4 Å². The van der Waals surface area contributed by atoms with Crippen LogP contribution in [0.5, 0.6) is 0 Å². The molecule has 1 aliphatic heterocycles. The molecule has 5 nitrogen and oxygen atoms in total. The van der Waals surface area contributed by atoms with Crippen molar-refractivity contribution in [3.05, 3.63) is 0 Å². The molecule has 0 saturated carbocycles. The number of piperazine rings is 1. The number of rotatable bonds is 4. The van der Waals surface area contributed by atoms with Crippen LogP contribution < -0.4 is 5.32 Å². The summed E-state index contributed by atoms with van der Waals surface area (Å²) in [5.74, 6) is -0.214. The van der Waals surface area contributed by atoms with Gasteiger partial charge in [0, 0.05) is 28.9 Å². The van der Waals surface area contributed by atoms with Gasteiger partial charge in [-0.15, -0.1) is 0 Å². The Bertz CT molecular complexity index is 407. The minimum atomic E-state index is -1.02. The van der Waals surface area contributed by atoms with Crippen molar-refractivity contribution in [3.8, 4) is 0 Å². The Morgan fingerprint density at radius 3 is 2.26 bits per heavy atom. The smallest absolute Gasteiger partial charge is 0.248 e. The van der Waals surface area contributed by atoms with Gasteiger partial charge in [-0.1, -0.05) is 13.8 Å². The molecule has 19 heavy (non-hydrogen) atoms. The second-order valence-electron chi connectivity index (χ2n) is 6.07. The zero-order valence-corrected chi connectivity index (χ0v) is 13.3. The van der Waals surface area contributed by atoms with E-state index >= 15 is 0 Å². The number of nitrogens with one attached hydrogen (secondary N) is 1. The molecule has 1 fully saturated rings. The van der Waals surface area contributed by atoms with Crippen LogP contribution in [0.3, 0.4) is 0 Å². The van der Waals surface area contributed by atoms with Gasteiger partial charge >= 0.3 is 0 Å². The highest BCUT2D eigenvalue weighted by atomic mass is 32.2. The quantitative estimate of drug-likeness (QED) is 0.820. The van der Waals surface area contributed by atoms with E-state index in [1.54, 1.807) is 25.0 Å². The first-order chi connectivity index (χ1) is 8.58. The zero-order chi connectivity index (χ0) is 15.0. The van der Waals surface area contributed by atoms with Crippen molar-refractivity contribution < 1.29 is 13.8 Å². The molecule has 0 aromatic heterocycles. The Kier molecular flexibility index (Phi) is 4.76. The molecule has 1 rings (SSSR count). The van der Waals surface area contributed by atoms with Crippen LogP contribution in [0.1, 0.15) is 34.6 Å². The van der Waals surface area contributed by atoms with Gasteiger partial charge < -0.3 is 10.2 Å². The molecule has 3 atom stereocenters. The fraction of sp³-hybridized carbons (Fsp3) is 0.846. The molecule has 0 aromatic rings. The molecule has 0 bridgehead atoms. The maximum atomic E-state index is 12.5. The van der Waals surface area contributed by atoms with Gasteiger partial charge in [-0.2, -0.15) is 0 Å². The average Bonchev–Trinajstić information content (AvgIpc) is 2.23. The summed E-state index contributed by atoms with van der Waals surface area (Å²) in [6, 6.07) is -0.480. The van der Waals surface area contributed by atoms with E-state index in [0.717, 1.165) is 0 Å². The minimum absolute atomic E-state index is 0.0255. The summed E-state index contributed by atoms with van der Waals surface area (Å²) < 4.78 is 11.5. The van der Waals surface area contributed by atoms with Crippen LogP contribution in [0.4, 0.5) is 0 Å². The number of carbonyl (C=O) groups is 2. The molecule has 0 spiro atoms. The van der Waals surface area contributed by atoms with Gasteiger partial charge in [-0.3, -0.25) is 13.8 Å². The lowest BCUT2D eigenvalue weighted by atomic mass is 9.91. The van der Waals surface area contributed by atoms with Gasteiger partial charge in [0.2, 0.25) is 11.8 Å². The van der Waals surface area contributed by atoms with E-state index < -0.39 is 22.4 Å². The van der Waals surface area contributed by atoms with Crippen molar-refractivity contribution in [1.82, 2.24) is 10.2 Å². The van der Waals surface area contributed by atoms with Crippen LogP contribution in [-0.2, 0) is 20.4 Å². The highest BCUT2D eigenvalue weighted by molar-refractivity contribution is 7.84. The van der Waals surface area contributed by atoms with Crippen molar-refractivity contribution in [2.24, 2.45) is 5.92 Å². The van der Waals surface area contributed by atoms with E-state index in [9.17, 15) is 13.8 Å². The standard InChI is InChI=1S/C13H24N2O3S/c1-8(2)10-11(16)14-13(4,5)12(17)15(10)7-9(3)19(6)18/h8-10H,7H2,1-6H3,(H,14,16). The third-order valence-corrected chi connectivity index (χ3v) is 4.77. The molecular weight excluding hydrogens is 264 g/mol. The zero-order valence-electron chi connectivity index (χ0n) is 12.5. The number of hydrogen-bond donors (Lipinski definition) is 1. The van der Waals surface area contributed by atoms with Crippen LogP contribution in [0, 0.1) is 5.92 Å². The van der Waals surface area contributed by atoms with Gasteiger partial charge in [0.05, 0.1) is 0 Å². The average molecular weight is 288 g/mol. The van der Waals surface area contributed by atoms with Crippen molar-refractivity contribution >= 4 is 22.6 Å². The van der Waals surface area contributed by atoms with Gasteiger partial charge in [0.15, 0.2) is 0 Å². The van der Waals surface area contributed by atoms with Gasteiger partial charge in [0.1, 0.15) is 11.6 Å². The van der Waals surface area contributed by atoms with Crippen LogP contribution in [0.15, 0.2) is 0 Å². The first-order valence-corrected chi connectivity index (χ1v) is 8.15. The lowest BCUT2D eigenvalue weighted by Crippen LogP contribution is -2.70. The SMILES string of the molecule is CC(C)C1C(=O)NC(C)(C)C(=O)N1CC(C)S(C)=O. The summed E-state index contributed by atoms with van der Waals surface area (Å²) in [4.78, 5) is 26.2. The maximum Gasteiger partial charge on any atom is 0.248 e. The molecule has 1 aliphatic rings. The molecule has 110 valence electrons.